The molecule has 0 aliphatic carbocycles. The molecule has 0 bridgehead atoms. The Morgan fingerprint density at radius 2 is 2.00 bits per heavy atom. The van der Waals surface area contributed by atoms with Crippen LogP contribution in [0.3, 0.4) is 0 Å². The maximum absolute atomic E-state index is 15.1. The largest absolute Gasteiger partial charge is 0.489 e. The molecule has 4 atom stereocenters. The Balaban J connectivity index is 0.00000329. The van der Waals surface area contributed by atoms with Crippen molar-refractivity contribution in [1.82, 2.24) is 20.1 Å². The van der Waals surface area contributed by atoms with Gasteiger partial charge in [-0.25, -0.2) is 9.37 Å². The summed E-state index contributed by atoms with van der Waals surface area (Å²) in [7, 11) is 0. The lowest BCUT2D eigenvalue weighted by Gasteiger charge is -2.29. The third kappa shape index (κ3) is 5.03. The molecular formula is C32H35FN4O5. The van der Waals surface area contributed by atoms with Crippen molar-refractivity contribution in [3.8, 4) is 5.75 Å². The molecule has 1 aromatic heterocycles. The van der Waals surface area contributed by atoms with Gasteiger partial charge in [0.15, 0.2) is 0 Å². The maximum atomic E-state index is 15.1. The normalized spacial score (nSPS) is 26.2. The van der Waals surface area contributed by atoms with Gasteiger partial charge in [0.05, 0.1) is 6.61 Å². The first-order valence-corrected chi connectivity index (χ1v) is 14.7. The third-order valence-corrected chi connectivity index (χ3v) is 8.98. The van der Waals surface area contributed by atoms with Crippen molar-refractivity contribution < 1.29 is 29.7 Å². The van der Waals surface area contributed by atoms with E-state index in [1.807, 2.05) is 24.3 Å². The van der Waals surface area contributed by atoms with Gasteiger partial charge >= 0.3 is 0 Å². The van der Waals surface area contributed by atoms with Crippen LogP contribution in [-0.4, -0.2) is 71.0 Å². The van der Waals surface area contributed by atoms with E-state index in [9.17, 15) is 14.4 Å². The molecule has 0 spiro atoms. The molecule has 220 valence electrons. The minimum Gasteiger partial charge on any atom is -0.489 e. The number of hydrogen-bond acceptors (Lipinski definition) is 7. The summed E-state index contributed by atoms with van der Waals surface area (Å²) in [6.45, 7) is 5.93. The Bertz CT molecular complexity index is 1600. The summed E-state index contributed by atoms with van der Waals surface area (Å²) in [6, 6.07) is 12.4. The second-order valence-corrected chi connectivity index (χ2v) is 12.0. The molecule has 0 unspecified atom stereocenters. The highest BCUT2D eigenvalue weighted by Crippen LogP contribution is 2.33. The molecule has 9 nitrogen and oxygen atoms in total. The molecule has 3 saturated heterocycles. The maximum Gasteiger partial charge on any atom is 0.255 e. The van der Waals surface area contributed by atoms with Crippen LogP contribution in [-0.2, 0) is 27.4 Å². The van der Waals surface area contributed by atoms with Crippen LogP contribution >= 0.6 is 0 Å². The monoisotopic (exact) mass is 574 g/mol. The van der Waals surface area contributed by atoms with E-state index < -0.39 is 11.9 Å². The summed E-state index contributed by atoms with van der Waals surface area (Å²) in [4.78, 5) is 45.3. The molecule has 1 N–H and O–H groups in total. The predicted molar refractivity (Wildman–Crippen MR) is 153 cm³/mol. The van der Waals surface area contributed by atoms with Gasteiger partial charge in [0, 0.05) is 69.1 Å². The second kappa shape index (κ2) is 10.7. The standard InChI is InChI=1S/C32H33FN4O5.H2/c1-18-13-36(14-19-10-20-2-5-26(21-8-9-41-17-21)34-30(20)25(33)11-19)16-28(18)42-23-3-4-24-22(12-23)15-37(32(24)40)27-6-7-29(38)35-31(27)39;/h2-5,10-12,18,21,27-28H,6-9,13-17H2,1H3,(H,35,38,39);1H/t18-,21-,27+,28-;/m1./s1. The summed E-state index contributed by atoms with van der Waals surface area (Å²) in [5.74, 6) is -0.0695. The highest BCUT2D eigenvalue weighted by molar-refractivity contribution is 6.05. The Morgan fingerprint density at radius 1 is 1.12 bits per heavy atom. The van der Waals surface area contributed by atoms with Gasteiger partial charge in [-0.15, -0.1) is 0 Å². The molecular weight excluding hydrogens is 539 g/mol. The number of likely N-dealkylation sites (tertiary alicyclic amines) is 1. The topological polar surface area (TPSA) is 101 Å². The van der Waals surface area contributed by atoms with E-state index in [-0.39, 0.29) is 43.4 Å². The number of piperidine rings is 1. The zero-order valence-corrected chi connectivity index (χ0v) is 23.5. The Hall–Kier alpha value is -3.89. The number of ether oxygens (including phenoxy) is 2. The lowest BCUT2D eigenvalue weighted by atomic mass is 10.0. The molecule has 3 aromatic rings. The number of carbonyl (C=O) groups excluding carboxylic acids is 3. The van der Waals surface area contributed by atoms with E-state index in [0.29, 0.717) is 49.5 Å². The first kappa shape index (κ1) is 27.0. The number of rotatable bonds is 6. The quantitative estimate of drug-likeness (QED) is 0.447. The van der Waals surface area contributed by atoms with Crippen molar-refractivity contribution in [2.24, 2.45) is 5.92 Å². The van der Waals surface area contributed by atoms with Crippen LogP contribution < -0.4 is 10.1 Å². The van der Waals surface area contributed by atoms with Crippen LogP contribution in [0.15, 0.2) is 42.5 Å². The van der Waals surface area contributed by atoms with Crippen LogP contribution in [0, 0.1) is 11.7 Å². The Kier molecular flexibility index (Phi) is 6.90. The average molecular weight is 575 g/mol. The van der Waals surface area contributed by atoms with Gasteiger partial charge in [0.1, 0.15) is 29.2 Å². The number of fused-ring (bicyclic) bond motifs is 2. The summed E-state index contributed by atoms with van der Waals surface area (Å²) in [5, 5.41) is 3.13. The van der Waals surface area contributed by atoms with E-state index in [2.05, 4.69) is 22.1 Å². The Morgan fingerprint density at radius 3 is 2.81 bits per heavy atom. The number of carbonyl (C=O) groups is 3. The van der Waals surface area contributed by atoms with Gasteiger partial charge in [0.2, 0.25) is 11.8 Å². The number of hydrogen-bond donors (Lipinski definition) is 1. The van der Waals surface area contributed by atoms with Crippen molar-refractivity contribution in [2.45, 2.75) is 57.3 Å². The molecule has 0 saturated carbocycles. The number of imide groups is 1. The zero-order chi connectivity index (χ0) is 29.0. The van der Waals surface area contributed by atoms with Gasteiger partial charge in [-0.3, -0.25) is 24.6 Å². The molecule has 10 heteroatoms. The fourth-order valence-corrected chi connectivity index (χ4v) is 6.73. The fraction of sp³-hybridized carbons (Fsp3) is 0.438. The van der Waals surface area contributed by atoms with Crippen LogP contribution in [0.25, 0.3) is 10.9 Å². The average Bonchev–Trinajstić information content (AvgIpc) is 3.69. The molecule has 5 heterocycles. The van der Waals surface area contributed by atoms with Crippen molar-refractivity contribution in [3.63, 3.8) is 0 Å². The van der Waals surface area contributed by atoms with Crippen molar-refractivity contribution >= 4 is 28.6 Å². The first-order chi connectivity index (χ1) is 20.3. The van der Waals surface area contributed by atoms with Crippen LogP contribution in [0.2, 0.25) is 0 Å². The number of pyridine rings is 1. The SMILES string of the molecule is C[C@@H]1CN(Cc2cc(F)c3nc([C@@H]4CCOC4)ccc3c2)C[C@H]1Oc1ccc2c(c1)CN([C@H]1CCC(=O)NC1=O)C2=O.[HH]. The smallest absolute Gasteiger partial charge is 0.255 e. The second-order valence-electron chi connectivity index (χ2n) is 12.0. The van der Waals surface area contributed by atoms with Crippen LogP contribution in [0.1, 0.15) is 60.7 Å². The number of amides is 3. The van der Waals surface area contributed by atoms with Crippen LogP contribution in [0.4, 0.5) is 4.39 Å². The highest BCUT2D eigenvalue weighted by Gasteiger charge is 2.39. The van der Waals surface area contributed by atoms with Crippen molar-refractivity contribution in [2.75, 3.05) is 26.3 Å². The summed E-state index contributed by atoms with van der Waals surface area (Å²) in [5.41, 5.74) is 3.57. The van der Waals surface area contributed by atoms with E-state index >= 15 is 4.39 Å². The lowest BCUT2D eigenvalue weighted by Crippen LogP contribution is -2.52. The van der Waals surface area contributed by atoms with Crippen molar-refractivity contribution in [1.29, 1.82) is 0 Å². The highest BCUT2D eigenvalue weighted by atomic mass is 19.1. The third-order valence-electron chi connectivity index (χ3n) is 8.98. The number of nitrogens with one attached hydrogen (secondary N) is 1. The van der Waals surface area contributed by atoms with E-state index in [4.69, 9.17) is 9.47 Å². The molecule has 42 heavy (non-hydrogen) atoms. The summed E-state index contributed by atoms with van der Waals surface area (Å²) < 4.78 is 27.0. The minimum absolute atomic E-state index is 0. The zero-order valence-electron chi connectivity index (χ0n) is 23.5. The molecule has 3 amide bonds. The Labute approximate surface area is 244 Å². The van der Waals surface area contributed by atoms with E-state index in [1.165, 1.54) is 4.90 Å². The summed E-state index contributed by atoms with van der Waals surface area (Å²) >= 11 is 0. The van der Waals surface area contributed by atoms with E-state index in [0.717, 1.165) is 41.8 Å². The fourth-order valence-electron chi connectivity index (χ4n) is 6.73. The van der Waals surface area contributed by atoms with Gasteiger partial charge in [-0.2, -0.15) is 0 Å². The first-order valence-electron chi connectivity index (χ1n) is 14.7. The molecule has 4 aliphatic rings. The van der Waals surface area contributed by atoms with E-state index in [1.54, 1.807) is 18.2 Å². The van der Waals surface area contributed by atoms with Gasteiger partial charge in [-0.1, -0.05) is 13.0 Å². The molecule has 7 rings (SSSR count). The summed E-state index contributed by atoms with van der Waals surface area (Å²) in [6.07, 6.45) is 1.41. The molecule has 2 aromatic carbocycles. The number of nitrogens with zero attached hydrogens (tertiary/aromatic N) is 3. The molecule has 4 aliphatic heterocycles. The van der Waals surface area contributed by atoms with Gasteiger partial charge in [0.25, 0.3) is 5.91 Å². The van der Waals surface area contributed by atoms with Crippen LogP contribution in [0.5, 0.6) is 5.75 Å². The minimum atomic E-state index is -0.643. The van der Waals surface area contributed by atoms with Gasteiger partial charge in [-0.05, 0) is 60.4 Å². The van der Waals surface area contributed by atoms with Gasteiger partial charge < -0.3 is 14.4 Å². The molecule has 0 radical (unpaired) electrons. The number of benzene rings is 2. The molecule has 3 fully saturated rings. The van der Waals surface area contributed by atoms with Crippen molar-refractivity contribution in [3.05, 3.63) is 70.7 Å². The number of halogens is 1. The number of aromatic nitrogens is 1. The lowest BCUT2D eigenvalue weighted by molar-refractivity contribution is -0.136. The predicted octanol–water partition coefficient (Wildman–Crippen LogP) is 3.78.